The van der Waals surface area contributed by atoms with E-state index in [4.69, 9.17) is 11.5 Å². The van der Waals surface area contributed by atoms with Crippen LogP contribution in [0.2, 0.25) is 0 Å². The number of rotatable bonds is 2. The normalized spacial score (nSPS) is 15.4. The van der Waals surface area contributed by atoms with Crippen LogP contribution in [0.1, 0.15) is 24.1 Å². The van der Waals surface area contributed by atoms with Crippen LogP contribution in [0.5, 0.6) is 0 Å². The Hall–Kier alpha value is -1.06. The molecule has 0 aromatic heterocycles. The summed E-state index contributed by atoms with van der Waals surface area (Å²) >= 11 is 0. The molecule has 1 aromatic carbocycles. The van der Waals surface area contributed by atoms with Crippen LogP contribution in [-0.2, 0) is 0 Å². The molecule has 0 heterocycles. The second-order valence-electron chi connectivity index (χ2n) is 3.38. The maximum Gasteiger partial charge on any atom is 0.0704 e. The lowest BCUT2D eigenvalue weighted by molar-refractivity contribution is 0.164. The number of nitrogens with two attached hydrogens (primary N) is 2. The zero-order chi connectivity index (χ0) is 10.0. The fraction of sp³-hybridized carbons (Fsp3) is 0.400. The van der Waals surface area contributed by atoms with Crippen molar-refractivity contribution in [2.75, 3.05) is 5.73 Å². The molecular weight excluding hydrogens is 164 g/mol. The number of aliphatic hydroxyl groups is 1. The van der Waals surface area contributed by atoms with Crippen LogP contribution < -0.4 is 11.5 Å². The third-order valence-corrected chi connectivity index (χ3v) is 2.17. The Balaban J connectivity index is 3.01. The fourth-order valence-electron chi connectivity index (χ4n) is 1.33. The fourth-order valence-corrected chi connectivity index (χ4v) is 1.33. The maximum absolute atomic E-state index is 9.31. The minimum absolute atomic E-state index is 0.333. The zero-order valence-corrected chi connectivity index (χ0v) is 7.99. The molecule has 0 fully saturated rings. The first-order valence-electron chi connectivity index (χ1n) is 4.32. The molecule has 13 heavy (non-hydrogen) atoms. The van der Waals surface area contributed by atoms with Crippen LogP contribution in [0.25, 0.3) is 0 Å². The zero-order valence-electron chi connectivity index (χ0n) is 7.99. The molecule has 0 saturated carbocycles. The van der Waals surface area contributed by atoms with Gasteiger partial charge in [0.1, 0.15) is 0 Å². The summed E-state index contributed by atoms with van der Waals surface area (Å²) in [5.41, 5.74) is 14.1. The number of aliphatic hydroxyl groups excluding tert-OH is 1. The molecule has 0 aliphatic heterocycles. The smallest absolute Gasteiger partial charge is 0.0704 e. The lowest BCUT2D eigenvalue weighted by Gasteiger charge is -2.17. The standard InChI is InChI=1S/C10H16N2O/c1-6-5-8(11)3-4-9(6)10(12)7(2)13/h3-5,7,10,13H,11-12H2,1-2H3. The summed E-state index contributed by atoms with van der Waals surface area (Å²) in [6.07, 6.45) is -0.540. The lowest BCUT2D eigenvalue weighted by Crippen LogP contribution is -2.23. The van der Waals surface area contributed by atoms with Crippen molar-refractivity contribution in [1.82, 2.24) is 0 Å². The van der Waals surface area contributed by atoms with Crippen molar-refractivity contribution in [3.8, 4) is 0 Å². The van der Waals surface area contributed by atoms with E-state index in [1.807, 2.05) is 19.1 Å². The van der Waals surface area contributed by atoms with Gasteiger partial charge in [0.15, 0.2) is 0 Å². The Labute approximate surface area is 78.4 Å². The number of nitrogen functional groups attached to an aromatic ring is 1. The van der Waals surface area contributed by atoms with Crippen LogP contribution in [-0.4, -0.2) is 11.2 Å². The van der Waals surface area contributed by atoms with E-state index in [2.05, 4.69) is 0 Å². The van der Waals surface area contributed by atoms with E-state index in [1.165, 1.54) is 0 Å². The summed E-state index contributed by atoms with van der Waals surface area (Å²) < 4.78 is 0. The first-order valence-corrected chi connectivity index (χ1v) is 4.32. The maximum atomic E-state index is 9.31. The molecular formula is C10H16N2O. The van der Waals surface area contributed by atoms with Gasteiger partial charge in [0, 0.05) is 5.69 Å². The summed E-state index contributed by atoms with van der Waals surface area (Å²) in [5, 5.41) is 9.31. The van der Waals surface area contributed by atoms with E-state index < -0.39 is 6.10 Å². The van der Waals surface area contributed by atoms with Crippen LogP contribution in [0, 0.1) is 6.92 Å². The minimum Gasteiger partial charge on any atom is -0.399 e. The van der Waals surface area contributed by atoms with Crippen molar-refractivity contribution >= 4 is 5.69 Å². The van der Waals surface area contributed by atoms with E-state index in [9.17, 15) is 5.11 Å². The predicted octanol–water partition coefficient (Wildman–Crippen LogP) is 0.958. The van der Waals surface area contributed by atoms with Gasteiger partial charge in [0.2, 0.25) is 0 Å². The highest BCUT2D eigenvalue weighted by molar-refractivity contribution is 5.45. The van der Waals surface area contributed by atoms with Gasteiger partial charge in [-0.15, -0.1) is 0 Å². The molecule has 0 radical (unpaired) electrons. The topological polar surface area (TPSA) is 72.3 Å². The molecule has 3 nitrogen and oxygen atoms in total. The van der Waals surface area contributed by atoms with Gasteiger partial charge in [-0.1, -0.05) is 6.07 Å². The van der Waals surface area contributed by atoms with Gasteiger partial charge in [0.05, 0.1) is 12.1 Å². The first-order chi connectivity index (χ1) is 6.02. The van der Waals surface area contributed by atoms with Crippen LogP contribution in [0.3, 0.4) is 0 Å². The van der Waals surface area contributed by atoms with Crippen LogP contribution in [0.15, 0.2) is 18.2 Å². The van der Waals surface area contributed by atoms with Crippen molar-refractivity contribution in [3.63, 3.8) is 0 Å². The van der Waals surface area contributed by atoms with Gasteiger partial charge in [-0.25, -0.2) is 0 Å². The molecule has 0 saturated heterocycles. The highest BCUT2D eigenvalue weighted by atomic mass is 16.3. The molecule has 3 heteroatoms. The van der Waals surface area contributed by atoms with Gasteiger partial charge in [0.25, 0.3) is 0 Å². The SMILES string of the molecule is Cc1cc(N)ccc1C(N)C(C)O. The molecule has 0 amide bonds. The predicted molar refractivity (Wildman–Crippen MR) is 54.2 cm³/mol. The number of hydrogen-bond acceptors (Lipinski definition) is 3. The second kappa shape index (κ2) is 3.77. The molecule has 0 spiro atoms. The summed E-state index contributed by atoms with van der Waals surface area (Å²) in [6, 6.07) is 5.19. The molecule has 1 rings (SSSR count). The molecule has 0 bridgehead atoms. The lowest BCUT2D eigenvalue weighted by atomic mass is 9.98. The molecule has 72 valence electrons. The van der Waals surface area contributed by atoms with E-state index >= 15 is 0 Å². The van der Waals surface area contributed by atoms with Crippen molar-refractivity contribution in [3.05, 3.63) is 29.3 Å². The Kier molecular flexibility index (Phi) is 2.90. The third-order valence-electron chi connectivity index (χ3n) is 2.17. The largest absolute Gasteiger partial charge is 0.399 e. The number of hydrogen-bond donors (Lipinski definition) is 3. The Morgan fingerprint density at radius 2 is 2.00 bits per heavy atom. The molecule has 2 unspecified atom stereocenters. The third kappa shape index (κ3) is 2.20. The van der Waals surface area contributed by atoms with Crippen LogP contribution in [0.4, 0.5) is 5.69 Å². The average molecular weight is 180 g/mol. The highest BCUT2D eigenvalue weighted by Crippen LogP contribution is 2.20. The monoisotopic (exact) mass is 180 g/mol. The van der Waals surface area contributed by atoms with E-state index in [1.54, 1.807) is 13.0 Å². The summed E-state index contributed by atoms with van der Waals surface area (Å²) in [7, 11) is 0. The molecule has 5 N–H and O–H groups in total. The second-order valence-corrected chi connectivity index (χ2v) is 3.38. The summed E-state index contributed by atoms with van der Waals surface area (Å²) in [5.74, 6) is 0. The minimum atomic E-state index is -0.540. The van der Waals surface area contributed by atoms with E-state index in [0.717, 1.165) is 16.8 Å². The summed E-state index contributed by atoms with van der Waals surface area (Å²) in [4.78, 5) is 0. The van der Waals surface area contributed by atoms with Gasteiger partial charge in [-0.3, -0.25) is 0 Å². The number of benzene rings is 1. The number of anilines is 1. The van der Waals surface area contributed by atoms with Crippen molar-refractivity contribution in [1.29, 1.82) is 0 Å². The average Bonchev–Trinajstić information content (AvgIpc) is 2.03. The van der Waals surface area contributed by atoms with Gasteiger partial charge < -0.3 is 16.6 Å². The first kappa shape index (κ1) is 10.0. The van der Waals surface area contributed by atoms with Crippen molar-refractivity contribution in [2.24, 2.45) is 5.73 Å². The molecule has 1 aromatic rings. The summed E-state index contributed by atoms with van der Waals surface area (Å²) in [6.45, 7) is 3.62. The molecule has 0 aliphatic rings. The molecule has 2 atom stereocenters. The quantitative estimate of drug-likeness (QED) is 0.593. The molecule has 0 aliphatic carbocycles. The Morgan fingerprint density at radius 3 is 2.46 bits per heavy atom. The number of aryl methyl sites for hydroxylation is 1. The van der Waals surface area contributed by atoms with Crippen molar-refractivity contribution in [2.45, 2.75) is 26.0 Å². The van der Waals surface area contributed by atoms with E-state index in [-0.39, 0.29) is 6.04 Å². The Morgan fingerprint density at radius 1 is 1.38 bits per heavy atom. The highest BCUT2D eigenvalue weighted by Gasteiger charge is 2.13. The van der Waals surface area contributed by atoms with Crippen molar-refractivity contribution < 1.29 is 5.11 Å². The van der Waals surface area contributed by atoms with E-state index in [0.29, 0.717) is 0 Å². The van der Waals surface area contributed by atoms with Gasteiger partial charge in [-0.2, -0.15) is 0 Å². The Bertz CT molecular complexity index is 297. The van der Waals surface area contributed by atoms with Crippen LogP contribution >= 0.6 is 0 Å². The van der Waals surface area contributed by atoms with Gasteiger partial charge >= 0.3 is 0 Å². The van der Waals surface area contributed by atoms with Gasteiger partial charge in [-0.05, 0) is 37.1 Å².